The van der Waals surface area contributed by atoms with Gasteiger partial charge in [0.1, 0.15) is 11.6 Å². The van der Waals surface area contributed by atoms with Gasteiger partial charge in [-0.05, 0) is 6.42 Å². The summed E-state index contributed by atoms with van der Waals surface area (Å²) in [5.41, 5.74) is -0.445. The normalized spacial score (nSPS) is 17.4. The molecule has 3 rings (SSSR count). The number of amides is 1. The first-order valence-electron chi connectivity index (χ1n) is 5.65. The number of aliphatic carboxylic acids is 1. The quantitative estimate of drug-likeness (QED) is 0.418. The summed E-state index contributed by atoms with van der Waals surface area (Å²) in [5.74, 6) is -1.11. The van der Waals surface area contributed by atoms with E-state index in [-0.39, 0.29) is 17.1 Å². The van der Waals surface area contributed by atoms with E-state index in [0.717, 1.165) is 0 Å². The number of hydrogen-bond acceptors (Lipinski definition) is 5. The first-order chi connectivity index (χ1) is 9.47. The van der Waals surface area contributed by atoms with Crippen LogP contribution < -0.4 is 16.6 Å². The molecule has 3 heterocycles. The highest BCUT2D eigenvalue weighted by atomic mass is 16.4. The van der Waals surface area contributed by atoms with Gasteiger partial charge < -0.3 is 15.4 Å². The fraction of sp³-hybridized carbons (Fsp3) is 0.300. The minimum atomic E-state index is -0.944. The van der Waals surface area contributed by atoms with Crippen molar-refractivity contribution in [3.05, 3.63) is 27.2 Å². The highest BCUT2D eigenvalue weighted by molar-refractivity contribution is 5.87. The number of hydrogen-bond donors (Lipinski definition) is 5. The number of carboxylic acid groups (broad SMARTS) is 1. The van der Waals surface area contributed by atoms with E-state index in [1.807, 2.05) is 0 Å². The molecule has 1 fully saturated rings. The number of aromatic amines is 3. The van der Waals surface area contributed by atoms with Crippen molar-refractivity contribution in [1.29, 1.82) is 0 Å². The molecule has 10 heteroatoms. The molecular formula is C10H11N5O5. The van der Waals surface area contributed by atoms with Crippen molar-refractivity contribution in [2.45, 2.75) is 18.9 Å². The Labute approximate surface area is 110 Å². The van der Waals surface area contributed by atoms with Gasteiger partial charge in [-0.3, -0.25) is 19.6 Å². The third kappa shape index (κ3) is 2.91. The summed E-state index contributed by atoms with van der Waals surface area (Å²) in [6.07, 6.45) is 2.11. The molecule has 1 amide bonds. The molecule has 0 radical (unpaired) electrons. The van der Waals surface area contributed by atoms with Gasteiger partial charge in [-0.15, -0.1) is 0 Å². The Bertz CT molecular complexity index is 757. The summed E-state index contributed by atoms with van der Waals surface area (Å²) in [7, 11) is 0. The zero-order chi connectivity index (χ0) is 14.7. The largest absolute Gasteiger partial charge is 0.480 e. The monoisotopic (exact) mass is 281 g/mol. The van der Waals surface area contributed by atoms with E-state index in [1.54, 1.807) is 0 Å². The molecule has 0 spiro atoms. The van der Waals surface area contributed by atoms with Gasteiger partial charge in [0.2, 0.25) is 5.91 Å². The molecule has 0 saturated carbocycles. The number of carbonyl (C=O) groups is 2. The van der Waals surface area contributed by atoms with Crippen molar-refractivity contribution in [3.63, 3.8) is 0 Å². The average molecular weight is 281 g/mol. The second-order valence-electron chi connectivity index (χ2n) is 4.03. The fourth-order valence-corrected chi connectivity index (χ4v) is 1.67. The van der Waals surface area contributed by atoms with Gasteiger partial charge >= 0.3 is 11.7 Å². The maximum absolute atomic E-state index is 10.9. The molecule has 1 aliphatic heterocycles. The lowest BCUT2D eigenvalue weighted by atomic mass is 10.2. The first-order valence-corrected chi connectivity index (χ1v) is 5.65. The van der Waals surface area contributed by atoms with Crippen LogP contribution in [0.1, 0.15) is 12.8 Å². The minimum Gasteiger partial charge on any atom is -0.480 e. The van der Waals surface area contributed by atoms with Crippen LogP contribution in [-0.2, 0) is 9.59 Å². The lowest BCUT2D eigenvalue weighted by Gasteiger charge is -1.99. The summed E-state index contributed by atoms with van der Waals surface area (Å²) in [5, 5.41) is 10.6. The van der Waals surface area contributed by atoms with Gasteiger partial charge in [0.05, 0.1) is 6.33 Å². The van der Waals surface area contributed by atoms with Gasteiger partial charge in [-0.1, -0.05) is 0 Å². The van der Waals surface area contributed by atoms with E-state index in [2.05, 4.69) is 25.3 Å². The molecule has 2 aromatic rings. The summed E-state index contributed by atoms with van der Waals surface area (Å²) < 4.78 is 0. The van der Waals surface area contributed by atoms with Crippen molar-refractivity contribution in [1.82, 2.24) is 25.3 Å². The molecule has 20 heavy (non-hydrogen) atoms. The number of aromatic nitrogens is 4. The van der Waals surface area contributed by atoms with Crippen molar-refractivity contribution < 1.29 is 14.7 Å². The number of carboxylic acids is 1. The summed E-state index contributed by atoms with van der Waals surface area (Å²) in [6.45, 7) is 0. The van der Waals surface area contributed by atoms with Gasteiger partial charge in [-0.2, -0.15) is 0 Å². The van der Waals surface area contributed by atoms with Crippen molar-refractivity contribution in [3.8, 4) is 0 Å². The maximum Gasteiger partial charge on any atom is 0.327 e. The third-order valence-electron chi connectivity index (χ3n) is 2.62. The van der Waals surface area contributed by atoms with E-state index in [1.165, 1.54) is 6.33 Å². The number of carbonyl (C=O) groups excluding carboxylic acids is 1. The predicted molar refractivity (Wildman–Crippen MR) is 66.1 cm³/mol. The summed E-state index contributed by atoms with van der Waals surface area (Å²) in [6, 6.07) is -0.641. The summed E-state index contributed by atoms with van der Waals surface area (Å²) in [4.78, 5) is 52.8. The smallest absolute Gasteiger partial charge is 0.327 e. The first kappa shape index (κ1) is 13.5. The third-order valence-corrected chi connectivity index (χ3v) is 2.62. The van der Waals surface area contributed by atoms with Crippen molar-refractivity contribution in [2.24, 2.45) is 0 Å². The van der Waals surface area contributed by atoms with Crippen LogP contribution in [0.2, 0.25) is 0 Å². The maximum atomic E-state index is 10.9. The van der Waals surface area contributed by atoms with Crippen LogP contribution in [0.15, 0.2) is 15.9 Å². The highest BCUT2D eigenvalue weighted by Gasteiger charge is 2.26. The Morgan fingerprint density at radius 3 is 2.60 bits per heavy atom. The number of imidazole rings is 1. The van der Waals surface area contributed by atoms with Crippen molar-refractivity contribution in [2.75, 3.05) is 0 Å². The summed E-state index contributed by atoms with van der Waals surface area (Å²) >= 11 is 0. The molecule has 5 N–H and O–H groups in total. The number of fused-ring (bicyclic) bond motifs is 1. The topological polar surface area (TPSA) is 161 Å². The Hall–Kier alpha value is -2.91. The van der Waals surface area contributed by atoms with Crippen LogP contribution in [0.5, 0.6) is 0 Å². The number of nitrogens with one attached hydrogen (secondary N) is 4. The van der Waals surface area contributed by atoms with E-state index in [4.69, 9.17) is 5.11 Å². The van der Waals surface area contributed by atoms with E-state index in [0.29, 0.717) is 12.8 Å². The van der Waals surface area contributed by atoms with Crippen LogP contribution in [-0.4, -0.2) is 43.0 Å². The van der Waals surface area contributed by atoms with Crippen LogP contribution in [0.3, 0.4) is 0 Å². The minimum absolute atomic E-state index is 0.164. The molecule has 1 aliphatic rings. The SMILES string of the molecule is O=C1CCC(C(=O)O)N1.O=c1[nH]c(=O)c2[nH]cnc2[nH]1. The lowest BCUT2D eigenvalue weighted by molar-refractivity contribution is -0.140. The molecule has 0 aromatic carbocycles. The Balaban J connectivity index is 0.000000151. The number of nitrogens with zero attached hydrogens (tertiary/aromatic N) is 1. The Morgan fingerprint density at radius 1 is 1.30 bits per heavy atom. The van der Waals surface area contributed by atoms with Gasteiger partial charge in [-0.25, -0.2) is 14.6 Å². The van der Waals surface area contributed by atoms with Crippen molar-refractivity contribution >= 4 is 23.0 Å². The van der Waals surface area contributed by atoms with Crippen LogP contribution in [0.25, 0.3) is 11.2 Å². The Kier molecular flexibility index (Phi) is 3.64. The van der Waals surface area contributed by atoms with E-state index < -0.39 is 23.3 Å². The highest BCUT2D eigenvalue weighted by Crippen LogP contribution is 2.05. The van der Waals surface area contributed by atoms with Crippen LogP contribution in [0, 0.1) is 0 Å². The second kappa shape index (κ2) is 5.38. The standard InChI is InChI=1S/C5H4N4O2.C5H7NO3/c10-4-2-3(7-1-6-2)8-5(11)9-4;7-4-2-1-3(6-4)5(8)9/h1H,(H3,6,7,8,9,10,11);3H,1-2H2,(H,6,7)(H,8,9). The zero-order valence-electron chi connectivity index (χ0n) is 10.1. The number of rotatable bonds is 1. The molecule has 106 valence electrons. The average Bonchev–Trinajstić information content (AvgIpc) is 2.98. The molecule has 0 bridgehead atoms. The van der Waals surface area contributed by atoms with Crippen LogP contribution >= 0.6 is 0 Å². The zero-order valence-corrected chi connectivity index (χ0v) is 10.1. The van der Waals surface area contributed by atoms with E-state index >= 15 is 0 Å². The molecule has 1 unspecified atom stereocenters. The van der Waals surface area contributed by atoms with E-state index in [9.17, 15) is 19.2 Å². The second-order valence-corrected chi connectivity index (χ2v) is 4.03. The van der Waals surface area contributed by atoms with Gasteiger partial charge in [0.25, 0.3) is 5.56 Å². The lowest BCUT2D eigenvalue weighted by Crippen LogP contribution is -2.32. The number of H-pyrrole nitrogens is 3. The van der Waals surface area contributed by atoms with Gasteiger partial charge in [0, 0.05) is 6.42 Å². The van der Waals surface area contributed by atoms with Gasteiger partial charge in [0.15, 0.2) is 5.65 Å². The molecule has 1 atom stereocenters. The molecule has 0 aliphatic carbocycles. The molecular weight excluding hydrogens is 270 g/mol. The molecule has 2 aromatic heterocycles. The Morgan fingerprint density at radius 2 is 2.05 bits per heavy atom. The fourth-order valence-electron chi connectivity index (χ4n) is 1.67. The molecule has 10 nitrogen and oxygen atoms in total. The molecule has 1 saturated heterocycles. The van der Waals surface area contributed by atoms with Crippen LogP contribution in [0.4, 0.5) is 0 Å². The predicted octanol–water partition coefficient (Wildman–Crippen LogP) is -1.71.